The fraction of sp³-hybridized carbons (Fsp3) is 0.389. The highest BCUT2D eigenvalue weighted by Crippen LogP contribution is 2.16. The molecule has 5 nitrogen and oxygen atoms in total. The van der Waals surface area contributed by atoms with Gasteiger partial charge in [0, 0.05) is 24.7 Å². The van der Waals surface area contributed by atoms with Crippen molar-refractivity contribution in [3.8, 4) is 11.3 Å². The molecule has 0 saturated carbocycles. The Hall–Kier alpha value is -2.50. The molecule has 1 saturated heterocycles. The number of nitrogens with zero attached hydrogens (tertiary/aromatic N) is 3. The Morgan fingerprint density at radius 2 is 2.08 bits per heavy atom. The maximum atomic E-state index is 13.0. The number of amides is 1. The van der Waals surface area contributed by atoms with E-state index in [9.17, 15) is 14.0 Å². The number of aromatic nitrogens is 2. The minimum atomic E-state index is -0.339. The second-order valence-electron chi connectivity index (χ2n) is 6.33. The highest BCUT2D eigenvalue weighted by atomic mass is 19.1. The molecule has 1 fully saturated rings. The van der Waals surface area contributed by atoms with Crippen molar-refractivity contribution >= 4 is 5.91 Å². The molecule has 0 aliphatic carbocycles. The van der Waals surface area contributed by atoms with Crippen LogP contribution in [0.25, 0.3) is 11.3 Å². The summed E-state index contributed by atoms with van der Waals surface area (Å²) >= 11 is 0. The van der Waals surface area contributed by atoms with E-state index in [-0.39, 0.29) is 23.8 Å². The van der Waals surface area contributed by atoms with Crippen LogP contribution in [0.1, 0.15) is 19.8 Å². The number of likely N-dealkylation sites (tertiary alicyclic amines) is 1. The molecule has 1 aliphatic rings. The van der Waals surface area contributed by atoms with Crippen LogP contribution in [0.2, 0.25) is 0 Å². The number of carbonyl (C=O) groups excluding carboxylic acids is 1. The van der Waals surface area contributed by atoms with Crippen LogP contribution in [0, 0.1) is 11.7 Å². The summed E-state index contributed by atoms with van der Waals surface area (Å²) in [5.74, 6) is 0.104. The van der Waals surface area contributed by atoms with E-state index in [1.165, 1.54) is 29.1 Å². The maximum Gasteiger partial charge on any atom is 0.254 e. The van der Waals surface area contributed by atoms with Crippen molar-refractivity contribution in [3.05, 3.63) is 52.8 Å². The normalized spacial score (nSPS) is 17.8. The second kappa shape index (κ2) is 6.95. The number of piperidine rings is 1. The van der Waals surface area contributed by atoms with Gasteiger partial charge in [0.2, 0.25) is 5.91 Å². The number of carbonyl (C=O) groups is 1. The fourth-order valence-corrected chi connectivity index (χ4v) is 2.98. The van der Waals surface area contributed by atoms with Gasteiger partial charge in [-0.25, -0.2) is 9.37 Å². The number of halogens is 1. The molecule has 1 aliphatic heterocycles. The fourth-order valence-electron chi connectivity index (χ4n) is 2.98. The van der Waals surface area contributed by atoms with Crippen LogP contribution >= 0.6 is 0 Å². The lowest BCUT2D eigenvalue weighted by Crippen LogP contribution is -2.42. The van der Waals surface area contributed by atoms with Crippen molar-refractivity contribution in [2.75, 3.05) is 13.1 Å². The summed E-state index contributed by atoms with van der Waals surface area (Å²) in [6, 6.07) is 7.16. The first-order valence-corrected chi connectivity index (χ1v) is 8.13. The lowest BCUT2D eigenvalue weighted by atomic mass is 10.0. The Morgan fingerprint density at radius 1 is 1.33 bits per heavy atom. The average Bonchev–Trinajstić information content (AvgIpc) is 2.57. The molecular formula is C18H20FN3O2. The molecule has 3 rings (SSSR count). The molecule has 1 aromatic carbocycles. The van der Waals surface area contributed by atoms with Gasteiger partial charge in [-0.1, -0.05) is 6.92 Å². The zero-order chi connectivity index (χ0) is 17.1. The molecule has 2 heterocycles. The third kappa shape index (κ3) is 3.69. The van der Waals surface area contributed by atoms with Crippen LogP contribution in [0.5, 0.6) is 0 Å². The average molecular weight is 329 g/mol. The van der Waals surface area contributed by atoms with Gasteiger partial charge in [0.15, 0.2) is 0 Å². The largest absolute Gasteiger partial charge is 0.341 e. The molecule has 126 valence electrons. The molecule has 2 aromatic rings. The molecule has 1 aromatic heterocycles. The highest BCUT2D eigenvalue weighted by molar-refractivity contribution is 5.76. The van der Waals surface area contributed by atoms with Crippen LogP contribution in [0.15, 0.2) is 41.5 Å². The summed E-state index contributed by atoms with van der Waals surface area (Å²) in [7, 11) is 0. The Kier molecular flexibility index (Phi) is 4.74. The standard InChI is InChI=1S/C18H20FN3O2/c1-13-3-2-8-21(10-13)18(24)11-22-12-20-16(9-17(22)23)14-4-6-15(19)7-5-14/h4-7,9,12-13H,2-3,8,10-11H2,1H3/t13-/m1/s1. The first-order valence-electron chi connectivity index (χ1n) is 8.13. The quantitative estimate of drug-likeness (QED) is 0.868. The Morgan fingerprint density at radius 3 is 2.75 bits per heavy atom. The van der Waals surface area contributed by atoms with Gasteiger partial charge in [-0.2, -0.15) is 0 Å². The number of hydrogen-bond donors (Lipinski definition) is 0. The van der Waals surface area contributed by atoms with E-state index in [0.29, 0.717) is 17.2 Å². The maximum absolute atomic E-state index is 13.0. The minimum Gasteiger partial charge on any atom is -0.341 e. The lowest BCUT2D eigenvalue weighted by Gasteiger charge is -2.31. The monoisotopic (exact) mass is 329 g/mol. The van der Waals surface area contributed by atoms with Gasteiger partial charge in [-0.05, 0) is 43.0 Å². The SMILES string of the molecule is C[C@@H]1CCCN(C(=O)Cn2cnc(-c3ccc(F)cc3)cc2=O)C1. The summed E-state index contributed by atoms with van der Waals surface area (Å²) in [5, 5.41) is 0. The van der Waals surface area contributed by atoms with Gasteiger partial charge >= 0.3 is 0 Å². The van der Waals surface area contributed by atoms with E-state index < -0.39 is 0 Å². The zero-order valence-electron chi connectivity index (χ0n) is 13.6. The number of benzene rings is 1. The summed E-state index contributed by atoms with van der Waals surface area (Å²) in [6.07, 6.45) is 3.52. The molecule has 0 N–H and O–H groups in total. The topological polar surface area (TPSA) is 55.2 Å². The van der Waals surface area contributed by atoms with E-state index in [1.54, 1.807) is 12.1 Å². The third-order valence-corrected chi connectivity index (χ3v) is 4.33. The first kappa shape index (κ1) is 16.4. The second-order valence-corrected chi connectivity index (χ2v) is 6.33. The zero-order valence-corrected chi connectivity index (χ0v) is 13.6. The van der Waals surface area contributed by atoms with Crippen LogP contribution in [0.3, 0.4) is 0 Å². The summed E-state index contributed by atoms with van der Waals surface area (Å²) < 4.78 is 14.3. The number of rotatable bonds is 3. The van der Waals surface area contributed by atoms with Crippen molar-refractivity contribution in [1.82, 2.24) is 14.5 Å². The first-order chi connectivity index (χ1) is 11.5. The molecule has 0 unspecified atom stereocenters. The van der Waals surface area contributed by atoms with E-state index in [0.717, 1.165) is 25.9 Å². The van der Waals surface area contributed by atoms with Crippen LogP contribution < -0.4 is 5.56 Å². The number of hydrogen-bond acceptors (Lipinski definition) is 3. The molecule has 1 atom stereocenters. The Balaban J connectivity index is 1.74. The third-order valence-electron chi connectivity index (χ3n) is 4.33. The van der Waals surface area contributed by atoms with E-state index in [2.05, 4.69) is 11.9 Å². The van der Waals surface area contributed by atoms with E-state index in [1.807, 2.05) is 4.90 Å². The van der Waals surface area contributed by atoms with Crippen LogP contribution in [0.4, 0.5) is 4.39 Å². The van der Waals surface area contributed by atoms with Crippen LogP contribution in [-0.4, -0.2) is 33.4 Å². The van der Waals surface area contributed by atoms with Crippen molar-refractivity contribution in [1.29, 1.82) is 0 Å². The Bertz CT molecular complexity index is 786. The van der Waals surface area contributed by atoms with Crippen molar-refractivity contribution < 1.29 is 9.18 Å². The predicted molar refractivity (Wildman–Crippen MR) is 88.9 cm³/mol. The van der Waals surface area contributed by atoms with Crippen molar-refractivity contribution in [2.45, 2.75) is 26.3 Å². The van der Waals surface area contributed by atoms with Crippen LogP contribution in [-0.2, 0) is 11.3 Å². The molecule has 24 heavy (non-hydrogen) atoms. The smallest absolute Gasteiger partial charge is 0.254 e. The van der Waals surface area contributed by atoms with Crippen molar-refractivity contribution in [2.24, 2.45) is 5.92 Å². The Labute approximate surface area is 139 Å². The van der Waals surface area contributed by atoms with Gasteiger partial charge in [0.05, 0.1) is 12.0 Å². The highest BCUT2D eigenvalue weighted by Gasteiger charge is 2.21. The summed E-state index contributed by atoms with van der Waals surface area (Å²) in [4.78, 5) is 30.6. The molecule has 6 heteroatoms. The molecular weight excluding hydrogens is 309 g/mol. The minimum absolute atomic E-state index is 0.00223. The lowest BCUT2D eigenvalue weighted by molar-refractivity contribution is -0.133. The van der Waals surface area contributed by atoms with Gasteiger partial charge in [-0.3, -0.25) is 14.2 Å². The van der Waals surface area contributed by atoms with E-state index in [4.69, 9.17) is 0 Å². The molecule has 0 spiro atoms. The molecule has 0 radical (unpaired) electrons. The summed E-state index contributed by atoms with van der Waals surface area (Å²) in [5.41, 5.74) is 0.842. The van der Waals surface area contributed by atoms with Gasteiger partial charge in [-0.15, -0.1) is 0 Å². The van der Waals surface area contributed by atoms with E-state index >= 15 is 0 Å². The van der Waals surface area contributed by atoms with Gasteiger partial charge in [0.25, 0.3) is 5.56 Å². The van der Waals surface area contributed by atoms with Gasteiger partial charge < -0.3 is 4.90 Å². The predicted octanol–water partition coefficient (Wildman–Crippen LogP) is 2.31. The van der Waals surface area contributed by atoms with Crippen molar-refractivity contribution in [3.63, 3.8) is 0 Å². The summed E-state index contributed by atoms with van der Waals surface area (Å²) in [6.45, 7) is 3.63. The molecule has 0 bridgehead atoms. The van der Waals surface area contributed by atoms with Gasteiger partial charge in [0.1, 0.15) is 12.4 Å². The molecule has 1 amide bonds.